The molecule has 0 heterocycles. The van der Waals surface area contributed by atoms with Crippen molar-refractivity contribution in [2.24, 2.45) is 0 Å². The van der Waals surface area contributed by atoms with E-state index in [-0.39, 0.29) is 0 Å². The topological polar surface area (TPSA) is 56.8 Å². The Morgan fingerprint density at radius 1 is 0.758 bits per heavy atom. The van der Waals surface area contributed by atoms with E-state index in [1.54, 1.807) is 14.2 Å². The molecule has 0 radical (unpaired) electrons. The number of methoxy groups -OCH3 is 2. The van der Waals surface area contributed by atoms with Crippen LogP contribution in [0.4, 0.5) is 10.5 Å². The zero-order valence-corrected chi connectivity index (χ0v) is 20.1. The minimum Gasteiger partial charge on any atom is -0.497 e. The average Bonchev–Trinajstić information content (AvgIpc) is 2.79. The number of ether oxygens (including phenoxy) is 3. The first-order chi connectivity index (χ1) is 15.7. The molecule has 0 saturated heterocycles. The first-order valence-electron chi connectivity index (χ1n) is 10.8. The molecule has 0 unspecified atom stereocenters. The molecule has 0 aliphatic heterocycles. The Kier molecular flexibility index (Phi) is 7.44. The smallest absolute Gasteiger partial charge is 0.412 e. The van der Waals surface area contributed by atoms with E-state index >= 15 is 0 Å². The number of nitrogens with one attached hydrogen (secondary N) is 1. The molecule has 0 spiro atoms. The van der Waals surface area contributed by atoms with Crippen LogP contribution < -0.4 is 14.8 Å². The highest BCUT2D eigenvalue weighted by Crippen LogP contribution is 2.34. The Bertz CT molecular complexity index is 1070. The number of amides is 1. The normalized spacial score (nSPS) is 10.8. The number of carbonyl (C=O) groups excluding carboxylic acids is 1. The highest BCUT2D eigenvalue weighted by atomic mass is 16.6. The largest absolute Gasteiger partial charge is 0.497 e. The molecule has 5 heteroatoms. The summed E-state index contributed by atoms with van der Waals surface area (Å²) < 4.78 is 16.1. The van der Waals surface area contributed by atoms with E-state index in [4.69, 9.17) is 14.2 Å². The second-order valence-corrected chi connectivity index (χ2v) is 8.66. The molecule has 0 bridgehead atoms. The summed E-state index contributed by atoms with van der Waals surface area (Å²) in [7, 11) is 3.31. The van der Waals surface area contributed by atoms with Gasteiger partial charge >= 0.3 is 6.09 Å². The second-order valence-electron chi connectivity index (χ2n) is 8.66. The lowest BCUT2D eigenvalue weighted by atomic mass is 9.90. The minimum absolute atomic E-state index is 0.480. The molecule has 0 aliphatic rings. The average molecular weight is 446 g/mol. The molecule has 3 rings (SSSR count). The highest BCUT2D eigenvalue weighted by molar-refractivity contribution is 5.98. The lowest BCUT2D eigenvalue weighted by molar-refractivity contribution is 0.0636. The summed E-state index contributed by atoms with van der Waals surface area (Å²) in [6.07, 6.45) is -0.480. The first-order valence-corrected chi connectivity index (χ1v) is 10.8. The zero-order chi connectivity index (χ0) is 24.0. The van der Waals surface area contributed by atoms with Crippen LogP contribution in [0.3, 0.4) is 0 Å². The summed E-state index contributed by atoms with van der Waals surface area (Å²) >= 11 is 0. The lowest BCUT2D eigenvalue weighted by Crippen LogP contribution is -2.27. The van der Waals surface area contributed by atoms with Crippen LogP contribution in [-0.2, 0) is 4.74 Å². The highest BCUT2D eigenvalue weighted by Gasteiger charge is 2.17. The number of benzene rings is 3. The van der Waals surface area contributed by atoms with Gasteiger partial charge in [-0.25, -0.2) is 4.79 Å². The molecule has 0 fully saturated rings. The molecule has 33 heavy (non-hydrogen) atoms. The molecule has 3 aromatic rings. The van der Waals surface area contributed by atoms with Crippen LogP contribution >= 0.6 is 0 Å². The molecular formula is C28H31NO4. The van der Waals surface area contributed by atoms with Crippen LogP contribution in [0.15, 0.2) is 72.8 Å². The Balaban J connectivity index is 2.04. The fraction of sp³-hybridized carbons (Fsp3) is 0.250. The van der Waals surface area contributed by atoms with E-state index < -0.39 is 11.7 Å². The lowest BCUT2D eigenvalue weighted by Gasteiger charge is -2.20. The van der Waals surface area contributed by atoms with Crippen LogP contribution in [0.2, 0.25) is 0 Å². The van der Waals surface area contributed by atoms with Gasteiger partial charge in [0.1, 0.15) is 17.1 Å². The number of carbonyl (C=O) groups is 1. The van der Waals surface area contributed by atoms with Crippen molar-refractivity contribution in [2.45, 2.75) is 33.3 Å². The maximum absolute atomic E-state index is 12.2. The van der Waals surface area contributed by atoms with Gasteiger partial charge in [-0.15, -0.1) is 0 Å². The predicted molar refractivity (Wildman–Crippen MR) is 134 cm³/mol. The Morgan fingerprint density at radius 2 is 1.27 bits per heavy atom. The van der Waals surface area contributed by atoms with Gasteiger partial charge in [-0.3, -0.25) is 5.32 Å². The minimum atomic E-state index is -0.562. The Morgan fingerprint density at radius 3 is 1.73 bits per heavy atom. The number of hydrogen-bond acceptors (Lipinski definition) is 4. The van der Waals surface area contributed by atoms with Crippen molar-refractivity contribution in [3.63, 3.8) is 0 Å². The molecule has 3 aromatic carbocycles. The summed E-state index contributed by atoms with van der Waals surface area (Å²) in [4.78, 5) is 12.2. The Labute approximate surface area is 196 Å². The van der Waals surface area contributed by atoms with Crippen LogP contribution in [0.5, 0.6) is 11.5 Å². The summed E-state index contributed by atoms with van der Waals surface area (Å²) in [6, 6.07) is 23.7. The second kappa shape index (κ2) is 10.3. The number of allylic oxidation sites excluding steroid dienone is 1. The van der Waals surface area contributed by atoms with Crippen molar-refractivity contribution in [2.75, 3.05) is 19.5 Å². The summed E-state index contributed by atoms with van der Waals surface area (Å²) in [5, 5.41) is 2.83. The van der Waals surface area contributed by atoms with E-state index in [9.17, 15) is 4.79 Å². The van der Waals surface area contributed by atoms with Crippen molar-refractivity contribution in [3.8, 4) is 11.5 Å². The van der Waals surface area contributed by atoms with E-state index in [1.165, 1.54) is 0 Å². The third kappa shape index (κ3) is 6.39. The van der Waals surface area contributed by atoms with E-state index in [0.717, 1.165) is 39.3 Å². The van der Waals surface area contributed by atoms with Crippen LogP contribution in [0.25, 0.3) is 11.1 Å². The fourth-order valence-electron chi connectivity index (χ4n) is 3.51. The molecule has 0 aliphatic carbocycles. The van der Waals surface area contributed by atoms with E-state index in [1.807, 2.05) is 93.6 Å². The van der Waals surface area contributed by atoms with Crippen molar-refractivity contribution >= 4 is 22.9 Å². The molecule has 0 saturated carbocycles. The predicted octanol–water partition coefficient (Wildman–Crippen LogP) is 7.03. The monoisotopic (exact) mass is 445 g/mol. The molecule has 1 N–H and O–H groups in total. The van der Waals surface area contributed by atoms with Crippen molar-refractivity contribution in [1.29, 1.82) is 0 Å². The maximum Gasteiger partial charge on any atom is 0.412 e. The maximum atomic E-state index is 12.2. The molecule has 1 amide bonds. The molecule has 5 nitrogen and oxygen atoms in total. The quantitative estimate of drug-likeness (QED) is 0.414. The van der Waals surface area contributed by atoms with Gasteiger partial charge in [0.2, 0.25) is 0 Å². The van der Waals surface area contributed by atoms with Gasteiger partial charge in [0.25, 0.3) is 0 Å². The third-order valence-corrected chi connectivity index (χ3v) is 5.07. The van der Waals surface area contributed by atoms with E-state index in [2.05, 4.69) is 12.2 Å². The number of anilines is 1. The van der Waals surface area contributed by atoms with Gasteiger partial charge in [0.15, 0.2) is 0 Å². The first kappa shape index (κ1) is 23.9. The van der Waals surface area contributed by atoms with Crippen LogP contribution in [0.1, 0.15) is 44.4 Å². The van der Waals surface area contributed by atoms with Crippen LogP contribution in [0, 0.1) is 0 Å². The van der Waals surface area contributed by atoms with E-state index in [0.29, 0.717) is 5.69 Å². The fourth-order valence-corrected chi connectivity index (χ4v) is 3.51. The number of rotatable bonds is 6. The molecule has 0 aromatic heterocycles. The van der Waals surface area contributed by atoms with Gasteiger partial charge in [-0.1, -0.05) is 36.4 Å². The summed E-state index contributed by atoms with van der Waals surface area (Å²) in [5.41, 5.74) is 5.36. The summed E-state index contributed by atoms with van der Waals surface area (Å²) in [6.45, 7) is 7.60. The SMILES string of the molecule is COc1ccc(C(=C(C)c2cccc(NC(=O)OC(C)(C)C)c2)c2ccc(OC)cc2)cc1. The van der Waals surface area contributed by atoms with Crippen molar-refractivity contribution in [3.05, 3.63) is 89.5 Å². The molecule has 172 valence electrons. The van der Waals surface area contributed by atoms with Gasteiger partial charge in [0.05, 0.1) is 14.2 Å². The van der Waals surface area contributed by atoms with Gasteiger partial charge in [-0.05, 0) is 91.9 Å². The van der Waals surface area contributed by atoms with Gasteiger partial charge in [-0.2, -0.15) is 0 Å². The standard InChI is InChI=1S/C28H31NO4/c1-19(22-8-7-9-23(18-22)29-27(30)33-28(2,3)4)26(20-10-14-24(31-5)15-11-20)21-12-16-25(32-6)17-13-21/h7-18H,1-6H3,(H,29,30). The van der Waals surface area contributed by atoms with Crippen molar-refractivity contribution in [1.82, 2.24) is 0 Å². The van der Waals surface area contributed by atoms with Gasteiger partial charge < -0.3 is 14.2 Å². The molecule has 0 atom stereocenters. The Hall–Kier alpha value is -3.73. The van der Waals surface area contributed by atoms with Gasteiger partial charge in [0, 0.05) is 5.69 Å². The zero-order valence-electron chi connectivity index (χ0n) is 20.1. The number of hydrogen-bond donors (Lipinski definition) is 1. The summed E-state index contributed by atoms with van der Waals surface area (Å²) in [5.74, 6) is 1.60. The van der Waals surface area contributed by atoms with Crippen LogP contribution in [-0.4, -0.2) is 25.9 Å². The molecular weight excluding hydrogens is 414 g/mol. The third-order valence-electron chi connectivity index (χ3n) is 5.07. The van der Waals surface area contributed by atoms with Crippen molar-refractivity contribution < 1.29 is 19.0 Å².